The zero-order chi connectivity index (χ0) is 12.4. The molecule has 1 amide bonds. The number of benzene rings is 1. The molecule has 0 radical (unpaired) electrons. The predicted octanol–water partition coefficient (Wildman–Crippen LogP) is 1.12. The smallest absolute Gasteiger partial charge is 0.331 e. The predicted molar refractivity (Wildman–Crippen MR) is 63.0 cm³/mol. The third-order valence-corrected chi connectivity index (χ3v) is 2.44. The van der Waals surface area contributed by atoms with E-state index in [1.807, 2.05) is 0 Å². The number of carbonyl (C=O) groups excluding carboxylic acids is 1. The lowest BCUT2D eigenvalue weighted by molar-refractivity contribution is -0.132. The van der Waals surface area contributed by atoms with E-state index >= 15 is 0 Å². The van der Waals surface area contributed by atoms with Crippen molar-refractivity contribution in [3.05, 3.63) is 35.4 Å². The van der Waals surface area contributed by atoms with E-state index in [-0.39, 0.29) is 17.7 Å². The van der Waals surface area contributed by atoms with Crippen molar-refractivity contribution in [2.75, 3.05) is 0 Å². The van der Waals surface area contributed by atoms with E-state index in [2.05, 4.69) is 4.99 Å². The van der Waals surface area contributed by atoms with Crippen molar-refractivity contribution in [3.63, 3.8) is 0 Å². The fraction of sp³-hybridized carbons (Fsp3) is 0.0833. The van der Waals surface area contributed by atoms with Gasteiger partial charge in [-0.2, -0.15) is 0 Å². The number of para-hydroxylation sites is 1. The normalized spacial score (nSPS) is 14.1. The first-order chi connectivity index (χ1) is 8.08. The molecule has 17 heavy (non-hydrogen) atoms. The molecule has 5 nitrogen and oxygen atoms in total. The maximum absolute atomic E-state index is 11.2. The Morgan fingerprint density at radius 1 is 1.29 bits per heavy atom. The van der Waals surface area contributed by atoms with Gasteiger partial charge in [-0.05, 0) is 12.1 Å². The zero-order valence-corrected chi connectivity index (χ0v) is 8.88. The Bertz CT molecular complexity index is 510. The van der Waals surface area contributed by atoms with Crippen molar-refractivity contribution in [2.24, 2.45) is 10.7 Å². The molecule has 2 rings (SSSR count). The molecule has 1 aromatic carbocycles. The Balaban J connectivity index is 2.60. The molecule has 3 N–H and O–H groups in total. The van der Waals surface area contributed by atoms with Crippen molar-refractivity contribution >= 4 is 29.4 Å². The van der Waals surface area contributed by atoms with Gasteiger partial charge in [0, 0.05) is 17.6 Å². The third kappa shape index (κ3) is 2.23. The quantitative estimate of drug-likeness (QED) is 0.797. The summed E-state index contributed by atoms with van der Waals surface area (Å²) in [4.78, 5) is 26.3. The van der Waals surface area contributed by atoms with Gasteiger partial charge in [0.05, 0.1) is 5.69 Å². The Hall–Kier alpha value is -2.43. The van der Waals surface area contributed by atoms with Gasteiger partial charge in [-0.1, -0.05) is 18.2 Å². The number of amides is 1. The van der Waals surface area contributed by atoms with Crippen LogP contribution in [0.4, 0.5) is 5.69 Å². The molecular weight excluding hydrogens is 220 g/mol. The van der Waals surface area contributed by atoms with E-state index in [9.17, 15) is 9.59 Å². The van der Waals surface area contributed by atoms with Gasteiger partial charge in [-0.3, -0.25) is 4.79 Å². The Labute approximate surface area is 97.3 Å². The van der Waals surface area contributed by atoms with Crippen LogP contribution in [-0.2, 0) is 9.59 Å². The number of nitrogens with two attached hydrogens (primary N) is 1. The van der Waals surface area contributed by atoms with E-state index < -0.39 is 11.9 Å². The zero-order valence-electron chi connectivity index (χ0n) is 8.88. The summed E-state index contributed by atoms with van der Waals surface area (Å²) in [5, 5.41) is 9.01. The standard InChI is InChI=1S/C12H10N2O3/c13-11(15)10-6-8(12(16)17)5-7-3-1-2-4-9(7)14-10/h1-5H,6H2,(H2,13,15)(H,16,17). The summed E-state index contributed by atoms with van der Waals surface area (Å²) in [6.07, 6.45) is 1.45. The van der Waals surface area contributed by atoms with Crippen molar-refractivity contribution in [1.82, 2.24) is 0 Å². The average molecular weight is 230 g/mol. The Morgan fingerprint density at radius 2 is 2.00 bits per heavy atom. The van der Waals surface area contributed by atoms with E-state index in [1.165, 1.54) is 6.08 Å². The second-order valence-electron chi connectivity index (χ2n) is 3.63. The molecule has 0 saturated carbocycles. The second kappa shape index (κ2) is 4.21. The van der Waals surface area contributed by atoms with Crippen LogP contribution in [0, 0.1) is 0 Å². The van der Waals surface area contributed by atoms with Crippen LogP contribution in [0.5, 0.6) is 0 Å². The molecule has 0 aliphatic carbocycles. The number of hydrogen-bond donors (Lipinski definition) is 2. The maximum atomic E-state index is 11.2. The van der Waals surface area contributed by atoms with Crippen LogP contribution in [0.3, 0.4) is 0 Å². The molecule has 1 aromatic rings. The summed E-state index contributed by atoms with van der Waals surface area (Å²) in [7, 11) is 0. The first kappa shape index (κ1) is 11.1. The van der Waals surface area contributed by atoms with Crippen LogP contribution in [0.2, 0.25) is 0 Å². The fourth-order valence-corrected chi connectivity index (χ4v) is 1.60. The lowest BCUT2D eigenvalue weighted by atomic mass is 10.1. The number of primary amides is 1. The number of fused-ring (bicyclic) bond motifs is 1. The van der Waals surface area contributed by atoms with Crippen molar-refractivity contribution in [3.8, 4) is 0 Å². The Morgan fingerprint density at radius 3 is 2.65 bits per heavy atom. The third-order valence-electron chi connectivity index (χ3n) is 2.44. The minimum Gasteiger partial charge on any atom is -0.478 e. The minimum atomic E-state index is -1.07. The van der Waals surface area contributed by atoms with Crippen molar-refractivity contribution in [1.29, 1.82) is 0 Å². The average Bonchev–Trinajstić information content (AvgIpc) is 2.47. The van der Waals surface area contributed by atoms with E-state index in [1.54, 1.807) is 24.3 Å². The molecule has 1 heterocycles. The summed E-state index contributed by atoms with van der Waals surface area (Å²) < 4.78 is 0. The van der Waals surface area contributed by atoms with Gasteiger partial charge < -0.3 is 10.8 Å². The summed E-state index contributed by atoms with van der Waals surface area (Å²) in [5.41, 5.74) is 6.55. The van der Waals surface area contributed by atoms with Gasteiger partial charge in [0.1, 0.15) is 5.71 Å². The van der Waals surface area contributed by atoms with E-state index in [4.69, 9.17) is 10.8 Å². The van der Waals surface area contributed by atoms with Crippen molar-refractivity contribution in [2.45, 2.75) is 6.42 Å². The fourth-order valence-electron chi connectivity index (χ4n) is 1.60. The number of carboxylic acid groups (broad SMARTS) is 1. The maximum Gasteiger partial charge on any atom is 0.331 e. The van der Waals surface area contributed by atoms with Crippen LogP contribution in [0.25, 0.3) is 6.08 Å². The van der Waals surface area contributed by atoms with Crippen molar-refractivity contribution < 1.29 is 14.7 Å². The topological polar surface area (TPSA) is 92.8 Å². The Kier molecular flexibility index (Phi) is 2.74. The lowest BCUT2D eigenvalue weighted by Gasteiger charge is -1.99. The van der Waals surface area contributed by atoms with Gasteiger partial charge in [0.25, 0.3) is 5.91 Å². The van der Waals surface area contributed by atoms with Gasteiger partial charge in [0.2, 0.25) is 0 Å². The van der Waals surface area contributed by atoms with E-state index in [0.29, 0.717) is 11.3 Å². The summed E-state index contributed by atoms with van der Waals surface area (Å²) >= 11 is 0. The first-order valence-electron chi connectivity index (χ1n) is 4.98. The molecule has 0 spiro atoms. The van der Waals surface area contributed by atoms with Gasteiger partial charge in [0.15, 0.2) is 0 Å². The molecule has 0 bridgehead atoms. The number of aliphatic carboxylic acids is 1. The molecule has 0 atom stereocenters. The highest BCUT2D eigenvalue weighted by atomic mass is 16.4. The van der Waals surface area contributed by atoms with E-state index in [0.717, 1.165) is 0 Å². The number of carbonyl (C=O) groups is 2. The lowest BCUT2D eigenvalue weighted by Crippen LogP contribution is -2.24. The van der Waals surface area contributed by atoms with Crippen LogP contribution in [-0.4, -0.2) is 22.7 Å². The van der Waals surface area contributed by atoms with Gasteiger partial charge in [-0.15, -0.1) is 0 Å². The highest BCUT2D eigenvalue weighted by molar-refractivity contribution is 6.40. The number of carboxylic acids is 1. The molecule has 0 aromatic heterocycles. The van der Waals surface area contributed by atoms with Crippen LogP contribution >= 0.6 is 0 Å². The molecule has 0 unspecified atom stereocenters. The number of nitrogens with zero attached hydrogens (tertiary/aromatic N) is 1. The molecule has 0 fully saturated rings. The SMILES string of the molecule is NC(=O)C1=Nc2ccccc2C=C(C(=O)O)C1. The highest BCUT2D eigenvalue weighted by Gasteiger charge is 2.19. The van der Waals surface area contributed by atoms with Gasteiger partial charge in [-0.25, -0.2) is 9.79 Å². The summed E-state index contributed by atoms with van der Waals surface area (Å²) in [6.45, 7) is 0. The molecule has 5 heteroatoms. The largest absolute Gasteiger partial charge is 0.478 e. The molecule has 1 aliphatic heterocycles. The van der Waals surface area contributed by atoms with Crippen LogP contribution in [0.1, 0.15) is 12.0 Å². The number of rotatable bonds is 2. The summed E-state index contributed by atoms with van der Waals surface area (Å²) in [5.74, 6) is -1.77. The monoisotopic (exact) mass is 230 g/mol. The van der Waals surface area contributed by atoms with Crippen LogP contribution in [0.15, 0.2) is 34.8 Å². The molecule has 1 aliphatic rings. The number of aliphatic imine (C=N–C) groups is 1. The van der Waals surface area contributed by atoms with Gasteiger partial charge >= 0.3 is 5.97 Å². The molecule has 86 valence electrons. The highest BCUT2D eigenvalue weighted by Crippen LogP contribution is 2.26. The molecule has 0 saturated heterocycles. The second-order valence-corrected chi connectivity index (χ2v) is 3.63. The minimum absolute atomic E-state index is 0.0562. The summed E-state index contributed by atoms with van der Waals surface area (Å²) in [6, 6.07) is 6.99. The van der Waals surface area contributed by atoms with Crippen LogP contribution < -0.4 is 5.73 Å². The molecular formula is C12H10N2O3. The number of hydrogen-bond acceptors (Lipinski definition) is 3. The first-order valence-corrected chi connectivity index (χ1v) is 4.98.